The first kappa shape index (κ1) is 22.3. The fourth-order valence-electron chi connectivity index (χ4n) is 3.70. The molecule has 3 aromatic rings. The standard InChI is InChI=1S/C24H27N3O4S/c28-24(26-21-9-5-19(6-10-21)13-16-27-14-1-2-15-27)20-7-11-23(12-8-20)32(29,30)25-18-22-4-3-17-31-22/h3-12,17,25H,1-2,13-16,18H2,(H,26,28). The summed E-state index contributed by atoms with van der Waals surface area (Å²) in [5.41, 5.74) is 2.33. The maximum Gasteiger partial charge on any atom is 0.255 e. The van der Waals surface area contributed by atoms with Gasteiger partial charge < -0.3 is 14.6 Å². The van der Waals surface area contributed by atoms with E-state index in [0.29, 0.717) is 17.0 Å². The Morgan fingerprint density at radius 2 is 1.69 bits per heavy atom. The summed E-state index contributed by atoms with van der Waals surface area (Å²) in [7, 11) is -3.70. The molecule has 0 bridgehead atoms. The third kappa shape index (κ3) is 5.85. The smallest absolute Gasteiger partial charge is 0.255 e. The molecule has 0 atom stereocenters. The van der Waals surface area contributed by atoms with Crippen molar-refractivity contribution in [1.82, 2.24) is 9.62 Å². The fraction of sp³-hybridized carbons (Fsp3) is 0.292. The molecule has 0 unspecified atom stereocenters. The number of sulfonamides is 1. The van der Waals surface area contributed by atoms with E-state index in [1.165, 1.54) is 62.0 Å². The van der Waals surface area contributed by atoms with Crippen molar-refractivity contribution in [3.8, 4) is 0 Å². The highest BCUT2D eigenvalue weighted by molar-refractivity contribution is 7.89. The molecular formula is C24H27N3O4S. The minimum atomic E-state index is -3.70. The van der Waals surface area contributed by atoms with Crippen molar-refractivity contribution in [2.45, 2.75) is 30.7 Å². The van der Waals surface area contributed by atoms with Crippen molar-refractivity contribution in [2.24, 2.45) is 0 Å². The van der Waals surface area contributed by atoms with Gasteiger partial charge >= 0.3 is 0 Å². The quantitative estimate of drug-likeness (QED) is 0.516. The van der Waals surface area contributed by atoms with E-state index >= 15 is 0 Å². The lowest BCUT2D eigenvalue weighted by molar-refractivity contribution is 0.102. The lowest BCUT2D eigenvalue weighted by atomic mass is 10.1. The van der Waals surface area contributed by atoms with E-state index in [9.17, 15) is 13.2 Å². The van der Waals surface area contributed by atoms with Crippen molar-refractivity contribution >= 4 is 21.6 Å². The SMILES string of the molecule is O=C(Nc1ccc(CCN2CCCC2)cc1)c1ccc(S(=O)(=O)NCc2ccco2)cc1. The van der Waals surface area contributed by atoms with Crippen LogP contribution < -0.4 is 10.0 Å². The van der Waals surface area contributed by atoms with Crippen molar-refractivity contribution in [3.63, 3.8) is 0 Å². The van der Waals surface area contributed by atoms with Gasteiger partial charge in [-0.15, -0.1) is 0 Å². The second-order valence-electron chi connectivity index (χ2n) is 7.88. The summed E-state index contributed by atoms with van der Waals surface area (Å²) in [4.78, 5) is 15.1. The van der Waals surface area contributed by atoms with Gasteiger partial charge in [0.25, 0.3) is 5.91 Å². The number of nitrogens with zero attached hydrogens (tertiary/aromatic N) is 1. The van der Waals surface area contributed by atoms with Gasteiger partial charge in [-0.25, -0.2) is 13.1 Å². The molecule has 0 radical (unpaired) electrons. The zero-order chi connectivity index (χ0) is 22.4. The average Bonchev–Trinajstić information content (AvgIpc) is 3.52. The van der Waals surface area contributed by atoms with E-state index in [-0.39, 0.29) is 17.3 Å². The number of anilines is 1. The number of likely N-dealkylation sites (tertiary alicyclic amines) is 1. The summed E-state index contributed by atoms with van der Waals surface area (Å²) in [6, 6.07) is 17.1. The Balaban J connectivity index is 1.31. The monoisotopic (exact) mass is 453 g/mol. The summed E-state index contributed by atoms with van der Waals surface area (Å²) >= 11 is 0. The molecule has 8 heteroatoms. The minimum Gasteiger partial charge on any atom is -0.468 e. The van der Waals surface area contributed by atoms with Gasteiger partial charge in [-0.3, -0.25) is 4.79 Å². The second-order valence-corrected chi connectivity index (χ2v) is 9.65. The van der Waals surface area contributed by atoms with E-state index in [4.69, 9.17) is 4.42 Å². The maximum atomic E-state index is 12.5. The molecule has 168 valence electrons. The van der Waals surface area contributed by atoms with Crippen molar-refractivity contribution in [1.29, 1.82) is 0 Å². The predicted octanol–water partition coefficient (Wildman–Crippen LogP) is 3.65. The summed E-state index contributed by atoms with van der Waals surface area (Å²) in [5.74, 6) is 0.231. The first-order valence-electron chi connectivity index (χ1n) is 10.7. The van der Waals surface area contributed by atoms with E-state index in [1.807, 2.05) is 24.3 Å². The molecule has 2 N–H and O–H groups in total. The Hall–Kier alpha value is -2.94. The number of benzene rings is 2. The average molecular weight is 454 g/mol. The summed E-state index contributed by atoms with van der Waals surface area (Å²) in [6.45, 7) is 3.51. The van der Waals surface area contributed by atoms with Crippen molar-refractivity contribution < 1.29 is 17.6 Å². The van der Waals surface area contributed by atoms with Gasteiger partial charge in [-0.1, -0.05) is 12.1 Å². The van der Waals surface area contributed by atoms with Crippen LogP contribution in [0.15, 0.2) is 76.2 Å². The number of rotatable bonds is 9. The molecule has 1 aliphatic heterocycles. The summed E-state index contributed by atoms with van der Waals surface area (Å²) in [6.07, 6.45) is 5.07. The molecule has 1 fully saturated rings. The van der Waals surface area contributed by atoms with Crippen LogP contribution in [0, 0.1) is 0 Å². The van der Waals surface area contributed by atoms with Crippen LogP contribution in [-0.4, -0.2) is 38.9 Å². The summed E-state index contributed by atoms with van der Waals surface area (Å²) < 4.78 is 32.4. The Morgan fingerprint density at radius 1 is 0.969 bits per heavy atom. The van der Waals surface area contributed by atoms with E-state index in [2.05, 4.69) is 14.9 Å². The number of carbonyl (C=O) groups is 1. The first-order chi connectivity index (χ1) is 15.5. The van der Waals surface area contributed by atoms with Crippen LogP contribution in [0.4, 0.5) is 5.69 Å². The fourth-order valence-corrected chi connectivity index (χ4v) is 4.69. The van der Waals surface area contributed by atoms with Gasteiger partial charge in [0, 0.05) is 17.8 Å². The third-order valence-electron chi connectivity index (χ3n) is 5.57. The van der Waals surface area contributed by atoms with Gasteiger partial charge in [0.2, 0.25) is 10.0 Å². The molecule has 4 rings (SSSR count). The van der Waals surface area contributed by atoms with Crippen molar-refractivity contribution in [2.75, 3.05) is 25.0 Å². The molecule has 2 aromatic carbocycles. The number of nitrogens with one attached hydrogen (secondary N) is 2. The van der Waals surface area contributed by atoms with Gasteiger partial charge in [0.15, 0.2) is 0 Å². The van der Waals surface area contributed by atoms with Crippen LogP contribution in [0.2, 0.25) is 0 Å². The van der Waals surface area contributed by atoms with E-state index in [0.717, 1.165) is 13.0 Å². The van der Waals surface area contributed by atoms with Crippen LogP contribution in [-0.2, 0) is 23.0 Å². The molecule has 1 aliphatic rings. The van der Waals surface area contributed by atoms with Crippen LogP contribution in [0.5, 0.6) is 0 Å². The van der Waals surface area contributed by atoms with Gasteiger partial charge in [-0.2, -0.15) is 0 Å². The van der Waals surface area contributed by atoms with E-state index in [1.54, 1.807) is 12.1 Å². The van der Waals surface area contributed by atoms with Crippen LogP contribution >= 0.6 is 0 Å². The van der Waals surface area contributed by atoms with Crippen molar-refractivity contribution in [3.05, 3.63) is 83.8 Å². The van der Waals surface area contributed by atoms with Crippen LogP contribution in [0.3, 0.4) is 0 Å². The number of amides is 1. The summed E-state index contributed by atoms with van der Waals surface area (Å²) in [5, 5.41) is 2.86. The molecule has 1 amide bonds. The zero-order valence-corrected chi connectivity index (χ0v) is 18.6. The Kier molecular flexibility index (Phi) is 7.04. The molecule has 32 heavy (non-hydrogen) atoms. The van der Waals surface area contributed by atoms with Gasteiger partial charge in [0.05, 0.1) is 17.7 Å². The maximum absolute atomic E-state index is 12.5. The zero-order valence-electron chi connectivity index (χ0n) is 17.8. The first-order valence-corrected chi connectivity index (χ1v) is 12.2. The van der Waals surface area contributed by atoms with Crippen LogP contribution in [0.1, 0.15) is 34.5 Å². The minimum absolute atomic E-state index is 0.0611. The number of furan rings is 1. The Bertz CT molecular complexity index is 1120. The Labute approximate surface area is 188 Å². The molecule has 0 aliphatic carbocycles. The molecule has 1 saturated heterocycles. The third-order valence-corrected chi connectivity index (χ3v) is 6.99. The lowest BCUT2D eigenvalue weighted by Crippen LogP contribution is -2.23. The lowest BCUT2D eigenvalue weighted by Gasteiger charge is -2.14. The highest BCUT2D eigenvalue weighted by atomic mass is 32.2. The molecule has 2 heterocycles. The number of hydrogen-bond acceptors (Lipinski definition) is 5. The number of carbonyl (C=O) groups excluding carboxylic acids is 1. The second kappa shape index (κ2) is 10.1. The molecule has 7 nitrogen and oxygen atoms in total. The molecular weight excluding hydrogens is 426 g/mol. The number of hydrogen-bond donors (Lipinski definition) is 2. The normalized spacial score (nSPS) is 14.5. The Morgan fingerprint density at radius 3 is 2.34 bits per heavy atom. The van der Waals surface area contributed by atoms with Gasteiger partial charge in [0.1, 0.15) is 5.76 Å². The molecule has 1 aromatic heterocycles. The highest BCUT2D eigenvalue weighted by Gasteiger charge is 2.16. The van der Waals surface area contributed by atoms with E-state index < -0.39 is 10.0 Å². The van der Waals surface area contributed by atoms with Gasteiger partial charge in [-0.05, 0) is 86.4 Å². The predicted molar refractivity (Wildman–Crippen MR) is 123 cm³/mol. The van der Waals surface area contributed by atoms with Crippen LogP contribution in [0.25, 0.3) is 0 Å². The largest absolute Gasteiger partial charge is 0.468 e. The molecule has 0 spiro atoms. The highest BCUT2D eigenvalue weighted by Crippen LogP contribution is 2.16. The topological polar surface area (TPSA) is 91.7 Å². The molecule has 0 saturated carbocycles.